The van der Waals surface area contributed by atoms with Gasteiger partial charge in [-0.25, -0.2) is 5.43 Å². The van der Waals surface area contributed by atoms with Crippen molar-refractivity contribution in [2.24, 2.45) is 5.10 Å². The van der Waals surface area contributed by atoms with Gasteiger partial charge < -0.3 is 0 Å². The standard InChI is InChI=1S/C18H21N3O/c1-2-3-5-12-17(22)20-21-18(15-9-6-4-7-10-15)16-11-8-13-19-14-16/h4,6-11,13-14H,2-3,5,12H2,1H3,(H,20,22). The lowest BCUT2D eigenvalue weighted by Crippen LogP contribution is -2.20. The first kappa shape index (κ1) is 15.9. The molecule has 1 aromatic carbocycles. The first-order valence-corrected chi connectivity index (χ1v) is 7.63. The highest BCUT2D eigenvalue weighted by Crippen LogP contribution is 2.09. The molecular formula is C18H21N3O. The molecule has 0 aliphatic rings. The molecule has 0 radical (unpaired) electrons. The SMILES string of the molecule is CCCCCC(=O)NN=C(c1ccccc1)c1cccnc1. The zero-order valence-corrected chi connectivity index (χ0v) is 12.8. The van der Waals surface area contributed by atoms with E-state index in [0.29, 0.717) is 6.42 Å². The molecule has 0 aliphatic carbocycles. The molecule has 0 atom stereocenters. The highest BCUT2D eigenvalue weighted by molar-refractivity contribution is 6.12. The van der Waals surface area contributed by atoms with Crippen molar-refractivity contribution in [3.63, 3.8) is 0 Å². The summed E-state index contributed by atoms with van der Waals surface area (Å²) in [6, 6.07) is 13.6. The molecule has 2 aromatic rings. The van der Waals surface area contributed by atoms with Crippen molar-refractivity contribution in [3.8, 4) is 0 Å². The van der Waals surface area contributed by atoms with Crippen LogP contribution in [0.4, 0.5) is 0 Å². The van der Waals surface area contributed by atoms with Crippen LogP contribution in [0.5, 0.6) is 0 Å². The largest absolute Gasteiger partial charge is 0.273 e. The van der Waals surface area contributed by atoms with E-state index in [1.165, 1.54) is 0 Å². The third kappa shape index (κ3) is 4.81. The van der Waals surface area contributed by atoms with Gasteiger partial charge in [-0.1, -0.05) is 50.1 Å². The van der Waals surface area contributed by atoms with E-state index in [0.717, 1.165) is 36.1 Å². The molecule has 0 spiro atoms. The Morgan fingerprint density at radius 1 is 1.09 bits per heavy atom. The van der Waals surface area contributed by atoms with Gasteiger partial charge in [-0.05, 0) is 18.6 Å². The molecule has 0 fully saturated rings. The van der Waals surface area contributed by atoms with Gasteiger partial charge in [0.15, 0.2) is 0 Å². The van der Waals surface area contributed by atoms with Crippen LogP contribution in [-0.2, 0) is 4.79 Å². The second-order valence-corrected chi connectivity index (χ2v) is 5.06. The van der Waals surface area contributed by atoms with Crippen molar-refractivity contribution in [1.82, 2.24) is 10.4 Å². The van der Waals surface area contributed by atoms with Gasteiger partial charge in [0.25, 0.3) is 0 Å². The van der Waals surface area contributed by atoms with Crippen LogP contribution in [0.25, 0.3) is 0 Å². The molecule has 0 saturated carbocycles. The number of benzene rings is 1. The van der Waals surface area contributed by atoms with Crippen molar-refractivity contribution in [2.45, 2.75) is 32.6 Å². The molecule has 4 nitrogen and oxygen atoms in total. The molecule has 4 heteroatoms. The molecule has 22 heavy (non-hydrogen) atoms. The zero-order valence-electron chi connectivity index (χ0n) is 12.8. The summed E-state index contributed by atoms with van der Waals surface area (Å²) in [5.41, 5.74) is 5.21. The number of nitrogens with zero attached hydrogens (tertiary/aromatic N) is 2. The average Bonchev–Trinajstić information content (AvgIpc) is 2.57. The smallest absolute Gasteiger partial charge is 0.240 e. The molecule has 1 amide bonds. The molecule has 1 heterocycles. The second kappa shape index (κ2) is 8.72. The number of hydrogen-bond donors (Lipinski definition) is 1. The van der Waals surface area contributed by atoms with Gasteiger partial charge in [0, 0.05) is 29.9 Å². The summed E-state index contributed by atoms with van der Waals surface area (Å²) < 4.78 is 0. The number of carbonyl (C=O) groups is 1. The van der Waals surface area contributed by atoms with Crippen LogP contribution in [-0.4, -0.2) is 16.6 Å². The van der Waals surface area contributed by atoms with Crippen LogP contribution in [0.2, 0.25) is 0 Å². The van der Waals surface area contributed by atoms with Crippen LogP contribution in [0.3, 0.4) is 0 Å². The number of nitrogens with one attached hydrogen (secondary N) is 1. The summed E-state index contributed by atoms with van der Waals surface area (Å²) >= 11 is 0. The maximum Gasteiger partial charge on any atom is 0.240 e. The third-order valence-corrected chi connectivity index (χ3v) is 3.28. The monoisotopic (exact) mass is 295 g/mol. The molecule has 1 aromatic heterocycles. The van der Waals surface area contributed by atoms with Gasteiger partial charge in [0.1, 0.15) is 0 Å². The zero-order chi connectivity index (χ0) is 15.6. The van der Waals surface area contributed by atoms with Crippen molar-refractivity contribution in [3.05, 3.63) is 66.0 Å². The van der Waals surface area contributed by atoms with Crippen molar-refractivity contribution >= 4 is 11.6 Å². The lowest BCUT2D eigenvalue weighted by atomic mass is 10.0. The molecule has 0 unspecified atom stereocenters. The van der Waals surface area contributed by atoms with Crippen molar-refractivity contribution < 1.29 is 4.79 Å². The van der Waals surface area contributed by atoms with E-state index >= 15 is 0 Å². The summed E-state index contributed by atoms with van der Waals surface area (Å²) in [5, 5.41) is 4.32. The predicted molar refractivity (Wildman–Crippen MR) is 88.6 cm³/mol. The minimum Gasteiger partial charge on any atom is -0.273 e. The Morgan fingerprint density at radius 3 is 2.55 bits per heavy atom. The van der Waals surface area contributed by atoms with Crippen LogP contribution >= 0.6 is 0 Å². The number of amides is 1. The van der Waals surface area contributed by atoms with Crippen molar-refractivity contribution in [2.75, 3.05) is 0 Å². The minimum atomic E-state index is -0.0502. The van der Waals surface area contributed by atoms with E-state index in [4.69, 9.17) is 0 Å². The highest BCUT2D eigenvalue weighted by atomic mass is 16.2. The highest BCUT2D eigenvalue weighted by Gasteiger charge is 2.08. The van der Waals surface area contributed by atoms with Gasteiger partial charge in [-0.15, -0.1) is 0 Å². The van der Waals surface area contributed by atoms with Gasteiger partial charge in [0.05, 0.1) is 5.71 Å². The molecule has 1 N–H and O–H groups in total. The first-order chi connectivity index (χ1) is 10.8. The normalized spacial score (nSPS) is 11.2. The van der Waals surface area contributed by atoms with Crippen LogP contribution in [0, 0.1) is 0 Å². The van der Waals surface area contributed by atoms with Gasteiger partial charge in [0.2, 0.25) is 5.91 Å². The summed E-state index contributed by atoms with van der Waals surface area (Å²) in [6.45, 7) is 2.12. The quantitative estimate of drug-likeness (QED) is 0.482. The topological polar surface area (TPSA) is 54.4 Å². The molecule has 0 bridgehead atoms. The van der Waals surface area contributed by atoms with E-state index in [-0.39, 0.29) is 5.91 Å². The lowest BCUT2D eigenvalue weighted by Gasteiger charge is -2.07. The number of aromatic nitrogens is 1. The van der Waals surface area contributed by atoms with Gasteiger partial charge >= 0.3 is 0 Å². The Kier molecular flexibility index (Phi) is 6.30. The third-order valence-electron chi connectivity index (χ3n) is 3.28. The van der Waals surface area contributed by atoms with Crippen LogP contribution in [0.15, 0.2) is 60.0 Å². The Balaban J connectivity index is 2.15. The van der Waals surface area contributed by atoms with Gasteiger partial charge in [-0.2, -0.15) is 5.10 Å². The Labute approximate surface area is 131 Å². The molecule has 114 valence electrons. The Morgan fingerprint density at radius 2 is 1.86 bits per heavy atom. The number of rotatable bonds is 7. The number of pyridine rings is 1. The number of hydrazone groups is 1. The maximum absolute atomic E-state index is 11.9. The maximum atomic E-state index is 11.9. The predicted octanol–water partition coefficient (Wildman–Crippen LogP) is 3.53. The van der Waals surface area contributed by atoms with E-state index in [9.17, 15) is 4.79 Å². The number of hydrogen-bond acceptors (Lipinski definition) is 3. The molecule has 0 aliphatic heterocycles. The fourth-order valence-corrected chi connectivity index (χ4v) is 2.10. The molecular weight excluding hydrogens is 274 g/mol. The number of carbonyl (C=O) groups excluding carboxylic acids is 1. The van der Waals surface area contributed by atoms with Crippen LogP contribution in [0.1, 0.15) is 43.7 Å². The van der Waals surface area contributed by atoms with Gasteiger partial charge in [-0.3, -0.25) is 9.78 Å². The Bertz CT molecular complexity index is 567. The molecule has 0 saturated heterocycles. The van der Waals surface area contributed by atoms with E-state index in [2.05, 4.69) is 22.4 Å². The van der Waals surface area contributed by atoms with Crippen molar-refractivity contribution in [1.29, 1.82) is 0 Å². The van der Waals surface area contributed by atoms with E-state index < -0.39 is 0 Å². The van der Waals surface area contributed by atoms with E-state index in [1.807, 2.05) is 42.5 Å². The Hall–Kier alpha value is -2.49. The minimum absolute atomic E-state index is 0.0502. The van der Waals surface area contributed by atoms with E-state index in [1.54, 1.807) is 12.4 Å². The summed E-state index contributed by atoms with van der Waals surface area (Å²) in [4.78, 5) is 16.0. The summed E-state index contributed by atoms with van der Waals surface area (Å²) in [5.74, 6) is -0.0502. The summed E-state index contributed by atoms with van der Waals surface area (Å²) in [6.07, 6.45) is 7.02. The summed E-state index contributed by atoms with van der Waals surface area (Å²) in [7, 11) is 0. The lowest BCUT2D eigenvalue weighted by molar-refractivity contribution is -0.121. The average molecular weight is 295 g/mol. The molecule has 2 rings (SSSR count). The fourth-order valence-electron chi connectivity index (χ4n) is 2.10. The number of unbranched alkanes of at least 4 members (excludes halogenated alkanes) is 2. The van der Waals surface area contributed by atoms with Crippen LogP contribution < -0.4 is 5.43 Å². The fraction of sp³-hybridized carbons (Fsp3) is 0.278. The first-order valence-electron chi connectivity index (χ1n) is 7.63. The second-order valence-electron chi connectivity index (χ2n) is 5.06.